The number of hydrogen-bond donors (Lipinski definition) is 1. The molecule has 2 aromatic rings. The molecule has 2 aromatic carbocycles. The van der Waals surface area contributed by atoms with Gasteiger partial charge in [-0.15, -0.1) is 0 Å². The summed E-state index contributed by atoms with van der Waals surface area (Å²) in [6.45, 7) is 2.31. The minimum Gasteiger partial charge on any atom is -0.423 e. The Morgan fingerprint density at radius 3 is 2.31 bits per heavy atom. The Labute approximate surface area is 286 Å². The van der Waals surface area contributed by atoms with Gasteiger partial charge in [-0.1, -0.05) is 69.7 Å². The summed E-state index contributed by atoms with van der Waals surface area (Å²) in [7, 11) is 0. The number of unbranched alkanes of at least 4 members (excludes halogenated alkanes) is 6. The van der Waals surface area contributed by atoms with E-state index in [1.807, 2.05) is 24.3 Å². The Balaban J connectivity index is 1.08. The molecule has 3 nitrogen and oxygen atoms in total. The summed E-state index contributed by atoms with van der Waals surface area (Å²) in [6.07, 6.45) is 7.06. The van der Waals surface area contributed by atoms with Crippen molar-refractivity contribution >= 4 is 17.7 Å². The normalized spacial score (nSPS) is 26.9. The van der Waals surface area contributed by atoms with Gasteiger partial charge >= 0.3 is 18.1 Å². The van der Waals surface area contributed by atoms with Crippen molar-refractivity contribution in [3.8, 4) is 5.75 Å². The highest BCUT2D eigenvalue weighted by Crippen LogP contribution is 2.62. The number of aliphatic hydroxyl groups excluding tert-OH is 1. The molecule has 0 heterocycles. The van der Waals surface area contributed by atoms with Crippen molar-refractivity contribution < 1.29 is 36.6 Å². The maximum absolute atomic E-state index is 13.0. The predicted octanol–water partition coefficient (Wildman–Crippen LogP) is 11.2. The third-order valence-corrected chi connectivity index (χ3v) is 12.8. The van der Waals surface area contributed by atoms with E-state index in [1.165, 1.54) is 29.3 Å². The maximum Gasteiger partial charge on any atom is 0.453 e. The van der Waals surface area contributed by atoms with Gasteiger partial charge < -0.3 is 9.84 Å². The Bertz CT molecular complexity index is 1330. The van der Waals surface area contributed by atoms with Gasteiger partial charge in [-0.05, 0) is 127 Å². The lowest BCUT2D eigenvalue weighted by Gasteiger charge is -2.53. The quantitative estimate of drug-likeness (QED) is 0.0822. The number of carbonyl (C=O) groups is 1. The fourth-order valence-electron chi connectivity index (χ4n) is 8.96. The second kappa shape index (κ2) is 16.3. The second-order valence-electron chi connectivity index (χ2n) is 14.7. The molecular weight excluding hydrogens is 643 g/mol. The summed E-state index contributed by atoms with van der Waals surface area (Å²) in [5.74, 6) is -1.12. The van der Waals surface area contributed by atoms with Crippen LogP contribution >= 0.6 is 11.8 Å². The number of carbonyl (C=O) groups excluding carboxylic acids is 1. The van der Waals surface area contributed by atoms with Crippen LogP contribution in [-0.2, 0) is 6.42 Å². The zero-order valence-corrected chi connectivity index (χ0v) is 28.9. The molecule has 0 bridgehead atoms. The van der Waals surface area contributed by atoms with Crippen LogP contribution in [-0.4, -0.2) is 40.8 Å². The van der Waals surface area contributed by atoms with Crippen molar-refractivity contribution in [2.45, 2.75) is 127 Å². The van der Waals surface area contributed by atoms with Crippen molar-refractivity contribution in [1.82, 2.24) is 0 Å². The molecule has 2 fully saturated rings. The number of halogens is 5. The summed E-state index contributed by atoms with van der Waals surface area (Å²) < 4.78 is 68.6. The average Bonchev–Trinajstić information content (AvgIpc) is 3.36. The summed E-state index contributed by atoms with van der Waals surface area (Å²) in [4.78, 5) is 12.8. The summed E-state index contributed by atoms with van der Waals surface area (Å²) in [6, 6.07) is 15.3. The zero-order chi connectivity index (χ0) is 34.4. The standard InChI is InChI=1S/C39H51F5O3S/c1-37-22-20-32-31-17-16-30(47-36(46)27-13-9-7-10-14-27)26-29(31)25-28(35(32)33(37)18-19-34(37)45)15-8-5-3-2-4-6-11-23-48-24-12-21-38(40,41)39(42,43)44/h7,9-10,13-14,16-17,26,28,32-35,45H,2-6,8,11-12,15,18-25H2,1H3/t28-,32?,33?,34+,35?,37+/m1/s1. The Hall–Kier alpha value is -2.13. The summed E-state index contributed by atoms with van der Waals surface area (Å²) in [5.41, 5.74) is 3.23. The monoisotopic (exact) mass is 694 g/mol. The molecule has 48 heavy (non-hydrogen) atoms. The van der Waals surface area contributed by atoms with Gasteiger partial charge in [0.2, 0.25) is 0 Å². The van der Waals surface area contributed by atoms with E-state index in [9.17, 15) is 31.9 Å². The van der Waals surface area contributed by atoms with Gasteiger partial charge in [0.15, 0.2) is 0 Å². The van der Waals surface area contributed by atoms with Crippen LogP contribution in [0, 0.1) is 23.2 Å². The van der Waals surface area contributed by atoms with Crippen molar-refractivity contribution in [2.24, 2.45) is 23.2 Å². The Morgan fingerprint density at radius 2 is 1.58 bits per heavy atom. The van der Waals surface area contributed by atoms with Crippen LogP contribution in [0.3, 0.4) is 0 Å². The first kappa shape index (κ1) is 37.1. The molecule has 3 unspecified atom stereocenters. The van der Waals surface area contributed by atoms with Gasteiger partial charge in [0.25, 0.3) is 0 Å². The van der Waals surface area contributed by atoms with Gasteiger partial charge in [-0.2, -0.15) is 33.7 Å². The first-order valence-corrected chi connectivity index (χ1v) is 19.2. The highest BCUT2D eigenvalue weighted by Gasteiger charge is 2.57. The summed E-state index contributed by atoms with van der Waals surface area (Å²) in [5, 5.41) is 11.0. The molecule has 0 aliphatic heterocycles. The molecule has 1 N–H and O–H groups in total. The third kappa shape index (κ3) is 8.77. The SMILES string of the molecule is C[C@]12CCC3c4ccc(OC(=O)c5ccccc5)cc4C[C@@H](CCCCCCCCCSCCCC(F)(F)C(F)(F)F)C3C1CC[C@@H]2O. The number of ether oxygens (including phenoxy) is 1. The van der Waals surface area contributed by atoms with Crippen LogP contribution in [0.4, 0.5) is 22.0 Å². The fraction of sp³-hybridized carbons (Fsp3) is 0.667. The van der Waals surface area contributed by atoms with Crippen molar-refractivity contribution in [3.63, 3.8) is 0 Å². The largest absolute Gasteiger partial charge is 0.453 e. The van der Waals surface area contributed by atoms with Crippen LogP contribution < -0.4 is 4.74 Å². The minimum atomic E-state index is -5.45. The highest BCUT2D eigenvalue weighted by atomic mass is 32.2. The Morgan fingerprint density at radius 1 is 0.896 bits per heavy atom. The van der Waals surface area contributed by atoms with Crippen LogP contribution in [0.5, 0.6) is 5.75 Å². The number of esters is 1. The lowest BCUT2D eigenvalue weighted by Crippen LogP contribution is -2.47. The van der Waals surface area contributed by atoms with E-state index in [4.69, 9.17) is 4.74 Å². The number of alkyl halides is 5. The molecule has 0 saturated heterocycles. The number of aliphatic hydroxyl groups is 1. The zero-order valence-electron chi connectivity index (χ0n) is 28.1. The van der Waals surface area contributed by atoms with E-state index < -0.39 is 18.5 Å². The van der Waals surface area contributed by atoms with Gasteiger partial charge in [0, 0.05) is 6.42 Å². The van der Waals surface area contributed by atoms with E-state index in [0.717, 1.165) is 82.8 Å². The Kier molecular flexibility index (Phi) is 12.6. The van der Waals surface area contributed by atoms with Gasteiger partial charge in [0.05, 0.1) is 11.7 Å². The lowest BCUT2D eigenvalue weighted by atomic mass is 9.52. The molecule has 6 atom stereocenters. The predicted molar refractivity (Wildman–Crippen MR) is 182 cm³/mol. The molecule has 3 aliphatic carbocycles. The summed E-state index contributed by atoms with van der Waals surface area (Å²) >= 11 is 1.46. The molecule has 3 aliphatic rings. The van der Waals surface area contributed by atoms with Crippen LogP contribution in [0.15, 0.2) is 48.5 Å². The fourth-order valence-corrected chi connectivity index (χ4v) is 9.92. The number of fused-ring (bicyclic) bond motifs is 5. The van der Waals surface area contributed by atoms with E-state index in [1.54, 1.807) is 12.1 Å². The van der Waals surface area contributed by atoms with Crippen molar-refractivity contribution in [1.29, 1.82) is 0 Å². The second-order valence-corrected chi connectivity index (χ2v) is 15.9. The van der Waals surface area contributed by atoms with E-state index in [-0.39, 0.29) is 23.9 Å². The maximum atomic E-state index is 13.0. The smallest absolute Gasteiger partial charge is 0.423 e. The first-order valence-electron chi connectivity index (χ1n) is 18.0. The molecule has 5 rings (SSSR count). The molecule has 0 spiro atoms. The molecule has 2 saturated carbocycles. The van der Waals surface area contributed by atoms with Crippen molar-refractivity contribution in [3.05, 3.63) is 65.2 Å². The van der Waals surface area contributed by atoms with Crippen molar-refractivity contribution in [2.75, 3.05) is 11.5 Å². The van der Waals surface area contributed by atoms with E-state index in [2.05, 4.69) is 19.1 Å². The van der Waals surface area contributed by atoms with Gasteiger partial charge in [0.1, 0.15) is 5.75 Å². The third-order valence-electron chi connectivity index (χ3n) is 11.6. The van der Waals surface area contributed by atoms with E-state index >= 15 is 0 Å². The van der Waals surface area contributed by atoms with Gasteiger partial charge in [-0.25, -0.2) is 4.79 Å². The first-order chi connectivity index (χ1) is 22.9. The number of rotatable bonds is 16. The molecular formula is C39H51F5O3S. The van der Waals surface area contributed by atoms with Crippen LogP contribution in [0.2, 0.25) is 0 Å². The molecule has 0 radical (unpaired) electrons. The lowest BCUT2D eigenvalue weighted by molar-refractivity contribution is -0.284. The van der Waals surface area contributed by atoms with Crippen LogP contribution in [0.25, 0.3) is 0 Å². The minimum absolute atomic E-state index is 0.00545. The average molecular weight is 695 g/mol. The molecule has 0 aromatic heterocycles. The van der Waals surface area contributed by atoms with Crippen LogP contribution in [0.1, 0.15) is 124 Å². The molecule has 9 heteroatoms. The highest BCUT2D eigenvalue weighted by molar-refractivity contribution is 7.99. The number of thioether (sulfide) groups is 1. The molecule has 266 valence electrons. The van der Waals surface area contributed by atoms with Gasteiger partial charge in [-0.3, -0.25) is 0 Å². The molecule has 0 amide bonds. The number of benzene rings is 2. The topological polar surface area (TPSA) is 46.5 Å². The number of hydrogen-bond acceptors (Lipinski definition) is 4. The van der Waals surface area contributed by atoms with E-state index in [0.29, 0.717) is 40.7 Å².